The second-order valence-electron chi connectivity index (χ2n) is 5.88. The van der Waals surface area contributed by atoms with Gasteiger partial charge < -0.3 is 16.0 Å². The molecular weight excluding hydrogens is 290 g/mol. The molecule has 2 rings (SSSR count). The van der Waals surface area contributed by atoms with Crippen molar-refractivity contribution in [1.29, 1.82) is 0 Å². The molecule has 0 aliphatic heterocycles. The fraction of sp³-hybridized carbons (Fsp3) is 0.353. The van der Waals surface area contributed by atoms with E-state index < -0.39 is 0 Å². The highest BCUT2D eigenvalue weighted by molar-refractivity contribution is 5.88. The number of aromatic nitrogens is 2. The van der Waals surface area contributed by atoms with Crippen LogP contribution in [0.25, 0.3) is 0 Å². The lowest BCUT2D eigenvalue weighted by Gasteiger charge is -2.11. The first-order valence-corrected chi connectivity index (χ1v) is 7.66. The molecule has 0 saturated carbocycles. The van der Waals surface area contributed by atoms with E-state index in [1.54, 1.807) is 0 Å². The minimum atomic E-state index is -0.0893. The van der Waals surface area contributed by atoms with Crippen molar-refractivity contribution in [3.05, 3.63) is 36.0 Å². The number of hydrogen-bond acceptors (Lipinski definition) is 5. The summed E-state index contributed by atoms with van der Waals surface area (Å²) >= 11 is 0. The fourth-order valence-corrected chi connectivity index (χ4v) is 1.99. The number of aryl methyl sites for hydroxylation is 1. The monoisotopic (exact) mass is 313 g/mol. The molecule has 0 bridgehead atoms. The van der Waals surface area contributed by atoms with Gasteiger partial charge in [-0.25, -0.2) is 4.98 Å². The molecule has 0 aliphatic rings. The molecule has 0 saturated heterocycles. The van der Waals surface area contributed by atoms with Gasteiger partial charge in [-0.15, -0.1) is 0 Å². The Morgan fingerprint density at radius 2 is 1.78 bits per heavy atom. The topological polar surface area (TPSA) is 78.9 Å². The maximum Gasteiger partial charge on any atom is 0.229 e. The number of anilines is 4. The number of hydrogen-bond donors (Lipinski definition) is 3. The average Bonchev–Trinajstić information content (AvgIpc) is 2.46. The van der Waals surface area contributed by atoms with Crippen molar-refractivity contribution in [2.75, 3.05) is 22.5 Å². The Morgan fingerprint density at radius 1 is 1.13 bits per heavy atom. The Bertz CT molecular complexity index is 667. The summed E-state index contributed by atoms with van der Waals surface area (Å²) in [5, 5.41) is 9.22. The van der Waals surface area contributed by atoms with Crippen LogP contribution in [0.1, 0.15) is 26.5 Å². The summed E-state index contributed by atoms with van der Waals surface area (Å²) in [6.45, 7) is 8.58. The van der Waals surface area contributed by atoms with Gasteiger partial charge in [0.1, 0.15) is 5.82 Å². The lowest BCUT2D eigenvalue weighted by molar-refractivity contribution is -0.114. The molecule has 6 heteroatoms. The molecule has 0 spiro atoms. The van der Waals surface area contributed by atoms with Crippen LogP contribution in [0.4, 0.5) is 23.1 Å². The number of nitrogens with zero attached hydrogens (tertiary/aromatic N) is 2. The predicted molar refractivity (Wildman–Crippen MR) is 94.1 cm³/mol. The predicted octanol–water partition coefficient (Wildman–Crippen LogP) is 3.55. The van der Waals surface area contributed by atoms with E-state index in [1.807, 2.05) is 37.3 Å². The Morgan fingerprint density at radius 3 is 2.39 bits per heavy atom. The van der Waals surface area contributed by atoms with Crippen molar-refractivity contribution in [2.45, 2.75) is 27.7 Å². The Balaban J connectivity index is 2.08. The van der Waals surface area contributed by atoms with E-state index in [9.17, 15) is 4.79 Å². The van der Waals surface area contributed by atoms with E-state index in [0.29, 0.717) is 11.9 Å². The summed E-state index contributed by atoms with van der Waals surface area (Å²) in [6, 6.07) is 9.33. The molecule has 1 amide bonds. The van der Waals surface area contributed by atoms with Crippen LogP contribution in [-0.4, -0.2) is 22.4 Å². The molecule has 1 heterocycles. The zero-order valence-corrected chi connectivity index (χ0v) is 14.0. The lowest BCUT2D eigenvalue weighted by atomic mass is 10.2. The zero-order chi connectivity index (χ0) is 16.8. The molecule has 0 fully saturated rings. The van der Waals surface area contributed by atoms with Crippen LogP contribution in [0.2, 0.25) is 0 Å². The van der Waals surface area contributed by atoms with Crippen LogP contribution in [0.5, 0.6) is 0 Å². The van der Waals surface area contributed by atoms with Gasteiger partial charge in [-0.2, -0.15) is 4.98 Å². The number of carbonyl (C=O) groups is 1. The minimum absolute atomic E-state index is 0.0893. The fourth-order valence-electron chi connectivity index (χ4n) is 1.99. The van der Waals surface area contributed by atoms with Crippen LogP contribution in [0, 0.1) is 12.8 Å². The van der Waals surface area contributed by atoms with E-state index in [4.69, 9.17) is 0 Å². The largest absolute Gasteiger partial charge is 0.370 e. The third-order valence-electron chi connectivity index (χ3n) is 3.01. The number of benzene rings is 1. The molecule has 6 nitrogen and oxygen atoms in total. The van der Waals surface area contributed by atoms with Crippen molar-refractivity contribution in [3.8, 4) is 0 Å². The molecule has 3 N–H and O–H groups in total. The van der Waals surface area contributed by atoms with Gasteiger partial charge in [0.25, 0.3) is 0 Å². The van der Waals surface area contributed by atoms with Gasteiger partial charge in [-0.3, -0.25) is 4.79 Å². The zero-order valence-electron chi connectivity index (χ0n) is 14.0. The van der Waals surface area contributed by atoms with Crippen molar-refractivity contribution in [1.82, 2.24) is 9.97 Å². The maximum absolute atomic E-state index is 11.0. The highest BCUT2D eigenvalue weighted by Gasteiger charge is 2.04. The van der Waals surface area contributed by atoms with E-state index in [-0.39, 0.29) is 5.91 Å². The van der Waals surface area contributed by atoms with Gasteiger partial charge >= 0.3 is 0 Å². The van der Waals surface area contributed by atoms with Crippen LogP contribution < -0.4 is 16.0 Å². The summed E-state index contributed by atoms with van der Waals surface area (Å²) in [5.41, 5.74) is 2.51. The van der Waals surface area contributed by atoms with Crippen LogP contribution >= 0.6 is 0 Å². The van der Waals surface area contributed by atoms with Gasteiger partial charge in [-0.05, 0) is 37.1 Å². The molecular formula is C17H23N5O. The van der Waals surface area contributed by atoms with Gasteiger partial charge in [0.15, 0.2) is 0 Å². The third kappa shape index (κ3) is 5.58. The van der Waals surface area contributed by atoms with Gasteiger partial charge in [0.05, 0.1) is 0 Å². The van der Waals surface area contributed by atoms with Crippen molar-refractivity contribution in [3.63, 3.8) is 0 Å². The molecule has 122 valence electrons. The summed E-state index contributed by atoms with van der Waals surface area (Å²) < 4.78 is 0. The van der Waals surface area contributed by atoms with E-state index in [1.165, 1.54) is 6.92 Å². The molecule has 1 aromatic carbocycles. The summed E-state index contributed by atoms with van der Waals surface area (Å²) in [6.07, 6.45) is 0. The highest BCUT2D eigenvalue weighted by Crippen LogP contribution is 2.18. The summed E-state index contributed by atoms with van der Waals surface area (Å²) in [5.74, 6) is 1.81. The second-order valence-corrected chi connectivity index (χ2v) is 5.88. The second kappa shape index (κ2) is 7.58. The molecule has 2 aromatic rings. The van der Waals surface area contributed by atoms with Crippen molar-refractivity contribution < 1.29 is 4.79 Å². The quantitative estimate of drug-likeness (QED) is 0.760. The molecule has 0 unspecified atom stereocenters. The SMILES string of the molecule is CC(=O)Nc1ccc(Nc2nc(C)cc(NCC(C)C)n2)cc1. The van der Waals surface area contributed by atoms with Gasteiger partial charge in [-0.1, -0.05) is 13.8 Å². The Kier molecular flexibility index (Phi) is 5.51. The van der Waals surface area contributed by atoms with Gasteiger partial charge in [0.2, 0.25) is 11.9 Å². The van der Waals surface area contributed by atoms with Crippen molar-refractivity contribution >= 4 is 29.0 Å². The first-order chi connectivity index (χ1) is 10.9. The van der Waals surface area contributed by atoms with Crippen LogP contribution in [0.15, 0.2) is 30.3 Å². The van der Waals surface area contributed by atoms with E-state index >= 15 is 0 Å². The Labute approximate surface area is 136 Å². The first kappa shape index (κ1) is 16.7. The normalized spacial score (nSPS) is 10.5. The Hall–Kier alpha value is -2.63. The number of nitrogens with one attached hydrogen (secondary N) is 3. The molecule has 0 atom stereocenters. The smallest absolute Gasteiger partial charge is 0.229 e. The van der Waals surface area contributed by atoms with E-state index in [0.717, 1.165) is 29.4 Å². The molecule has 23 heavy (non-hydrogen) atoms. The number of amides is 1. The minimum Gasteiger partial charge on any atom is -0.370 e. The maximum atomic E-state index is 11.0. The van der Waals surface area contributed by atoms with Crippen LogP contribution in [0.3, 0.4) is 0 Å². The number of rotatable bonds is 6. The third-order valence-corrected chi connectivity index (χ3v) is 3.01. The molecule has 1 aromatic heterocycles. The van der Waals surface area contributed by atoms with Crippen molar-refractivity contribution in [2.24, 2.45) is 5.92 Å². The summed E-state index contributed by atoms with van der Waals surface area (Å²) in [4.78, 5) is 19.9. The molecule has 0 radical (unpaired) electrons. The standard InChI is InChI=1S/C17H23N5O/c1-11(2)10-18-16-9-12(3)19-17(22-16)21-15-7-5-14(6-8-15)20-13(4)23/h5-9,11H,10H2,1-4H3,(H,20,23)(H2,18,19,21,22). The molecule has 0 aliphatic carbocycles. The van der Waals surface area contributed by atoms with E-state index in [2.05, 4.69) is 39.8 Å². The average molecular weight is 313 g/mol. The first-order valence-electron chi connectivity index (χ1n) is 7.66. The van der Waals surface area contributed by atoms with Crippen LogP contribution in [-0.2, 0) is 4.79 Å². The lowest BCUT2D eigenvalue weighted by Crippen LogP contribution is -2.11. The highest BCUT2D eigenvalue weighted by atomic mass is 16.1. The van der Waals surface area contributed by atoms with Gasteiger partial charge in [0, 0.05) is 36.6 Å². The number of carbonyl (C=O) groups excluding carboxylic acids is 1. The summed E-state index contributed by atoms with van der Waals surface area (Å²) in [7, 11) is 0.